The van der Waals surface area contributed by atoms with Crippen molar-refractivity contribution >= 4 is 17.3 Å². The van der Waals surface area contributed by atoms with Crippen molar-refractivity contribution < 1.29 is 0 Å². The molecule has 0 amide bonds. The molecule has 0 saturated carbocycles. The van der Waals surface area contributed by atoms with Gasteiger partial charge < -0.3 is 10.6 Å². The molecule has 3 heteroatoms. The summed E-state index contributed by atoms with van der Waals surface area (Å²) in [5, 5.41) is 0.826. The summed E-state index contributed by atoms with van der Waals surface area (Å²) >= 11 is 6.26. The first-order chi connectivity index (χ1) is 7.18. The van der Waals surface area contributed by atoms with Crippen molar-refractivity contribution in [2.24, 2.45) is 5.73 Å². The summed E-state index contributed by atoms with van der Waals surface area (Å²) in [7, 11) is 0. The first kappa shape index (κ1) is 10.8. The van der Waals surface area contributed by atoms with E-state index in [1.54, 1.807) is 0 Å². The van der Waals surface area contributed by atoms with Gasteiger partial charge in [0.15, 0.2) is 0 Å². The average Bonchev–Trinajstić information content (AvgIpc) is 2.70. The Hall–Kier alpha value is -0.730. The molecule has 2 nitrogen and oxygen atoms in total. The van der Waals surface area contributed by atoms with Crippen LogP contribution in [0, 0.1) is 0 Å². The Balaban J connectivity index is 2.25. The normalized spacial score (nSPS) is 18.2. The summed E-state index contributed by atoms with van der Waals surface area (Å²) in [5.41, 5.74) is 8.07. The minimum Gasteiger partial charge on any atom is -0.370 e. The van der Waals surface area contributed by atoms with Crippen LogP contribution < -0.4 is 10.6 Å². The highest BCUT2D eigenvalue weighted by molar-refractivity contribution is 6.33. The van der Waals surface area contributed by atoms with Crippen LogP contribution >= 0.6 is 11.6 Å². The molecule has 1 aliphatic heterocycles. The quantitative estimate of drug-likeness (QED) is 0.837. The van der Waals surface area contributed by atoms with Crippen LogP contribution in [0.2, 0.25) is 5.02 Å². The maximum absolute atomic E-state index is 6.26. The lowest BCUT2D eigenvalue weighted by Gasteiger charge is -2.20. The van der Waals surface area contributed by atoms with E-state index in [1.165, 1.54) is 12.8 Å². The Labute approximate surface area is 96.0 Å². The maximum Gasteiger partial charge on any atom is 0.0642 e. The van der Waals surface area contributed by atoms with Gasteiger partial charge in [-0.1, -0.05) is 17.7 Å². The smallest absolute Gasteiger partial charge is 0.0642 e. The van der Waals surface area contributed by atoms with E-state index in [4.69, 9.17) is 17.3 Å². The number of rotatable bonds is 2. The second-order valence-corrected chi connectivity index (χ2v) is 4.60. The van der Waals surface area contributed by atoms with Crippen molar-refractivity contribution in [3.63, 3.8) is 0 Å². The van der Waals surface area contributed by atoms with Crippen LogP contribution in [0.15, 0.2) is 18.2 Å². The molecule has 1 heterocycles. The molecular weight excluding hydrogens is 208 g/mol. The largest absolute Gasteiger partial charge is 0.370 e. The van der Waals surface area contributed by atoms with E-state index in [0.717, 1.165) is 29.4 Å². The fraction of sp³-hybridized carbons (Fsp3) is 0.500. The molecule has 82 valence electrons. The summed E-state index contributed by atoms with van der Waals surface area (Å²) in [6.45, 7) is 4.22. The van der Waals surface area contributed by atoms with Gasteiger partial charge in [-0.05, 0) is 37.5 Å². The summed E-state index contributed by atoms with van der Waals surface area (Å²) in [6.07, 6.45) is 2.54. The van der Waals surface area contributed by atoms with Crippen molar-refractivity contribution in [1.82, 2.24) is 0 Å². The minimum atomic E-state index is 0.0510. The van der Waals surface area contributed by atoms with Crippen LogP contribution in [0.3, 0.4) is 0 Å². The van der Waals surface area contributed by atoms with Crippen molar-refractivity contribution in [2.75, 3.05) is 18.0 Å². The lowest BCUT2D eigenvalue weighted by molar-refractivity contribution is 0.817. The van der Waals surface area contributed by atoms with Crippen LogP contribution in [0.1, 0.15) is 31.4 Å². The van der Waals surface area contributed by atoms with Crippen LogP contribution in [-0.2, 0) is 0 Å². The van der Waals surface area contributed by atoms with Crippen LogP contribution in [0.4, 0.5) is 5.69 Å². The first-order valence-corrected chi connectivity index (χ1v) is 5.86. The molecular formula is C12H17ClN2. The molecule has 2 rings (SSSR count). The number of halogens is 1. The molecule has 0 unspecified atom stereocenters. The van der Waals surface area contributed by atoms with Gasteiger partial charge in [0.25, 0.3) is 0 Å². The lowest BCUT2D eigenvalue weighted by Crippen LogP contribution is -2.18. The van der Waals surface area contributed by atoms with Gasteiger partial charge in [-0.2, -0.15) is 0 Å². The zero-order valence-electron chi connectivity index (χ0n) is 9.04. The summed E-state index contributed by atoms with van der Waals surface area (Å²) in [5.74, 6) is 0. The van der Waals surface area contributed by atoms with E-state index in [9.17, 15) is 0 Å². The van der Waals surface area contributed by atoms with Crippen LogP contribution in [0.5, 0.6) is 0 Å². The second-order valence-electron chi connectivity index (χ2n) is 4.19. The number of nitrogens with two attached hydrogens (primary N) is 1. The fourth-order valence-electron chi connectivity index (χ4n) is 2.02. The number of hydrogen-bond acceptors (Lipinski definition) is 2. The van der Waals surface area contributed by atoms with Gasteiger partial charge in [-0.15, -0.1) is 0 Å². The molecule has 2 N–H and O–H groups in total. The Morgan fingerprint density at radius 2 is 2.00 bits per heavy atom. The van der Waals surface area contributed by atoms with Gasteiger partial charge in [0.1, 0.15) is 0 Å². The van der Waals surface area contributed by atoms with E-state index < -0.39 is 0 Å². The van der Waals surface area contributed by atoms with E-state index in [1.807, 2.05) is 13.0 Å². The Kier molecular flexibility index (Phi) is 3.17. The van der Waals surface area contributed by atoms with Gasteiger partial charge in [-0.25, -0.2) is 0 Å². The van der Waals surface area contributed by atoms with Gasteiger partial charge in [0.05, 0.1) is 10.7 Å². The number of hydrogen-bond donors (Lipinski definition) is 1. The van der Waals surface area contributed by atoms with E-state index in [2.05, 4.69) is 17.0 Å². The first-order valence-electron chi connectivity index (χ1n) is 5.48. The highest BCUT2D eigenvalue weighted by Crippen LogP contribution is 2.30. The average molecular weight is 225 g/mol. The molecule has 1 saturated heterocycles. The Morgan fingerprint density at radius 3 is 2.53 bits per heavy atom. The van der Waals surface area contributed by atoms with Crippen molar-refractivity contribution in [1.29, 1.82) is 0 Å². The number of benzene rings is 1. The second kappa shape index (κ2) is 4.42. The predicted molar refractivity (Wildman–Crippen MR) is 65.5 cm³/mol. The fourth-order valence-corrected chi connectivity index (χ4v) is 2.33. The van der Waals surface area contributed by atoms with Gasteiger partial charge >= 0.3 is 0 Å². The zero-order chi connectivity index (χ0) is 10.8. The highest BCUT2D eigenvalue weighted by atomic mass is 35.5. The molecule has 1 aliphatic rings. The Morgan fingerprint density at radius 1 is 1.33 bits per heavy atom. The minimum absolute atomic E-state index is 0.0510. The molecule has 0 aliphatic carbocycles. The van der Waals surface area contributed by atoms with Crippen molar-refractivity contribution in [3.8, 4) is 0 Å². The molecule has 1 fully saturated rings. The number of nitrogens with zero attached hydrogens (tertiary/aromatic N) is 1. The molecule has 1 aromatic rings. The monoisotopic (exact) mass is 224 g/mol. The molecule has 0 aromatic heterocycles. The molecule has 0 radical (unpaired) electrons. The molecule has 1 aromatic carbocycles. The number of anilines is 1. The molecule has 0 spiro atoms. The van der Waals surface area contributed by atoms with Crippen molar-refractivity contribution in [3.05, 3.63) is 28.8 Å². The lowest BCUT2D eigenvalue weighted by atomic mass is 10.1. The third kappa shape index (κ3) is 2.27. The highest BCUT2D eigenvalue weighted by Gasteiger charge is 2.15. The molecule has 0 bridgehead atoms. The SMILES string of the molecule is C[C@@H](N)c1ccc(N2CCCC2)c(Cl)c1. The standard InChI is InChI=1S/C12H17ClN2/c1-9(14)10-4-5-12(11(13)8-10)15-6-2-3-7-15/h4-5,8-9H,2-3,6-7,14H2,1H3/t9-/m1/s1. The predicted octanol–water partition coefficient (Wildman–Crippen LogP) is 2.96. The summed E-state index contributed by atoms with van der Waals surface area (Å²) in [4.78, 5) is 2.34. The zero-order valence-corrected chi connectivity index (χ0v) is 9.80. The van der Waals surface area contributed by atoms with E-state index >= 15 is 0 Å². The van der Waals surface area contributed by atoms with Gasteiger partial charge in [0.2, 0.25) is 0 Å². The van der Waals surface area contributed by atoms with Crippen LogP contribution in [-0.4, -0.2) is 13.1 Å². The molecule has 1 atom stereocenters. The maximum atomic E-state index is 6.26. The molecule has 15 heavy (non-hydrogen) atoms. The summed E-state index contributed by atoms with van der Waals surface area (Å²) < 4.78 is 0. The topological polar surface area (TPSA) is 29.3 Å². The van der Waals surface area contributed by atoms with Crippen LogP contribution in [0.25, 0.3) is 0 Å². The van der Waals surface area contributed by atoms with Crippen molar-refractivity contribution in [2.45, 2.75) is 25.8 Å². The summed E-state index contributed by atoms with van der Waals surface area (Å²) in [6, 6.07) is 6.20. The van der Waals surface area contributed by atoms with Gasteiger partial charge in [0, 0.05) is 19.1 Å². The Bertz CT molecular complexity index is 343. The van der Waals surface area contributed by atoms with Gasteiger partial charge in [-0.3, -0.25) is 0 Å². The third-order valence-corrected chi connectivity index (χ3v) is 3.25. The van der Waals surface area contributed by atoms with E-state index in [0.29, 0.717) is 0 Å². The van der Waals surface area contributed by atoms with E-state index in [-0.39, 0.29) is 6.04 Å². The third-order valence-electron chi connectivity index (χ3n) is 2.94.